The highest BCUT2D eigenvalue weighted by atomic mass is 16.7. The van der Waals surface area contributed by atoms with Gasteiger partial charge in [0.2, 0.25) is 6.29 Å². The van der Waals surface area contributed by atoms with E-state index in [-0.39, 0.29) is 11.7 Å². The van der Waals surface area contributed by atoms with Gasteiger partial charge in [-0.25, -0.2) is 0 Å². The third kappa shape index (κ3) is 2.87. The fourth-order valence-corrected chi connectivity index (χ4v) is 6.14. The summed E-state index contributed by atoms with van der Waals surface area (Å²) >= 11 is 0. The molecule has 4 bridgehead atoms. The molecule has 0 aromatic heterocycles. The Kier molecular flexibility index (Phi) is 4.36. The molecule has 4 aliphatic rings. The van der Waals surface area contributed by atoms with Crippen molar-refractivity contribution in [3.8, 4) is 5.75 Å². The molecule has 0 heterocycles. The first-order valence-corrected chi connectivity index (χ1v) is 9.91. The molecule has 4 fully saturated rings. The molecule has 0 spiro atoms. The van der Waals surface area contributed by atoms with E-state index < -0.39 is 0 Å². The van der Waals surface area contributed by atoms with E-state index in [2.05, 4.69) is 38.1 Å². The van der Waals surface area contributed by atoms with E-state index in [4.69, 9.17) is 9.47 Å². The molecule has 1 aromatic rings. The van der Waals surface area contributed by atoms with Crippen LogP contribution in [0.4, 0.5) is 0 Å². The van der Waals surface area contributed by atoms with Crippen LogP contribution in [0.2, 0.25) is 0 Å². The van der Waals surface area contributed by atoms with Gasteiger partial charge in [-0.3, -0.25) is 0 Å². The van der Waals surface area contributed by atoms with Crippen LogP contribution in [0.15, 0.2) is 24.3 Å². The molecule has 0 amide bonds. The van der Waals surface area contributed by atoms with E-state index in [1.807, 2.05) is 7.11 Å². The van der Waals surface area contributed by atoms with Crippen molar-refractivity contribution in [3.63, 3.8) is 0 Å². The molecule has 4 aliphatic carbocycles. The van der Waals surface area contributed by atoms with Gasteiger partial charge < -0.3 is 9.47 Å². The fraction of sp³-hybridized carbons (Fsp3) is 0.727. The van der Waals surface area contributed by atoms with Crippen LogP contribution in [0.25, 0.3) is 0 Å². The number of benzene rings is 1. The van der Waals surface area contributed by atoms with Crippen LogP contribution in [-0.4, -0.2) is 13.4 Å². The zero-order chi connectivity index (χ0) is 16.7. The Morgan fingerprint density at radius 3 is 2.25 bits per heavy atom. The average molecular weight is 328 g/mol. The van der Waals surface area contributed by atoms with Crippen LogP contribution < -0.4 is 4.74 Å². The van der Waals surface area contributed by atoms with Gasteiger partial charge in [0.15, 0.2) is 0 Å². The smallest absolute Gasteiger partial charge is 0.205 e. The van der Waals surface area contributed by atoms with Gasteiger partial charge in [-0.05, 0) is 86.3 Å². The molecule has 4 saturated carbocycles. The molecular weight excluding hydrogens is 296 g/mol. The van der Waals surface area contributed by atoms with Crippen molar-refractivity contribution in [2.24, 2.45) is 23.2 Å². The van der Waals surface area contributed by atoms with E-state index in [9.17, 15) is 0 Å². The van der Waals surface area contributed by atoms with Crippen molar-refractivity contribution < 1.29 is 9.47 Å². The average Bonchev–Trinajstić information content (AvgIpc) is 2.58. The molecule has 132 valence electrons. The Morgan fingerprint density at radius 1 is 1.08 bits per heavy atom. The SMILES string of the molecule is CCC(C)c1cccc(OC(OC)C23CC4CC(CC(C4)C2)C3)c1. The Labute approximate surface area is 146 Å². The molecule has 2 atom stereocenters. The van der Waals surface area contributed by atoms with E-state index >= 15 is 0 Å². The summed E-state index contributed by atoms with van der Waals surface area (Å²) < 4.78 is 12.4. The van der Waals surface area contributed by atoms with Gasteiger partial charge in [0, 0.05) is 12.5 Å². The summed E-state index contributed by atoms with van der Waals surface area (Å²) in [7, 11) is 1.84. The van der Waals surface area contributed by atoms with E-state index in [1.165, 1.54) is 44.1 Å². The van der Waals surface area contributed by atoms with Gasteiger partial charge in [-0.2, -0.15) is 0 Å². The largest absolute Gasteiger partial charge is 0.464 e. The highest BCUT2D eigenvalue weighted by Gasteiger charge is 2.55. The summed E-state index contributed by atoms with van der Waals surface area (Å²) in [5.74, 6) is 4.32. The second kappa shape index (κ2) is 6.37. The zero-order valence-electron chi connectivity index (χ0n) is 15.5. The van der Waals surface area contributed by atoms with Crippen molar-refractivity contribution in [2.45, 2.75) is 71.0 Å². The minimum atomic E-state index is -0.0851. The molecule has 2 nitrogen and oxygen atoms in total. The van der Waals surface area contributed by atoms with E-state index in [0.717, 1.165) is 29.9 Å². The van der Waals surface area contributed by atoms with E-state index in [0.29, 0.717) is 5.92 Å². The molecule has 0 aliphatic heterocycles. The fourth-order valence-electron chi connectivity index (χ4n) is 6.14. The molecule has 0 saturated heterocycles. The summed E-state index contributed by atoms with van der Waals surface area (Å²) in [5, 5.41) is 0. The third-order valence-electron chi connectivity index (χ3n) is 7.08. The standard InChI is InChI=1S/C22H32O2/c1-4-15(2)19-6-5-7-20(11-19)24-21(23-3)22-12-16-8-17(13-22)10-18(9-16)14-22/h5-7,11,15-18,21H,4,8-10,12-14H2,1-3H3. The second-order valence-electron chi connectivity index (χ2n) is 8.85. The maximum absolute atomic E-state index is 6.46. The number of ether oxygens (including phenoxy) is 2. The quantitative estimate of drug-likeness (QED) is 0.617. The molecule has 2 unspecified atom stereocenters. The first kappa shape index (κ1) is 16.4. The lowest BCUT2D eigenvalue weighted by Gasteiger charge is -2.58. The molecule has 1 aromatic carbocycles. The highest BCUT2D eigenvalue weighted by molar-refractivity contribution is 5.30. The van der Waals surface area contributed by atoms with Crippen LogP contribution >= 0.6 is 0 Å². The Bertz CT molecular complexity index is 544. The highest BCUT2D eigenvalue weighted by Crippen LogP contribution is 2.61. The number of hydrogen-bond donors (Lipinski definition) is 0. The van der Waals surface area contributed by atoms with Crippen molar-refractivity contribution in [2.75, 3.05) is 7.11 Å². The Hall–Kier alpha value is -1.02. The summed E-state index contributed by atoms with van der Waals surface area (Å²) in [4.78, 5) is 0. The Morgan fingerprint density at radius 2 is 1.71 bits per heavy atom. The minimum Gasteiger partial charge on any atom is -0.464 e. The van der Waals surface area contributed by atoms with Crippen molar-refractivity contribution in [3.05, 3.63) is 29.8 Å². The van der Waals surface area contributed by atoms with Gasteiger partial charge >= 0.3 is 0 Å². The molecule has 0 N–H and O–H groups in total. The van der Waals surface area contributed by atoms with Crippen LogP contribution in [0.5, 0.6) is 5.75 Å². The molecule has 24 heavy (non-hydrogen) atoms. The summed E-state index contributed by atoms with van der Waals surface area (Å²) in [6.45, 7) is 4.53. The normalized spacial score (nSPS) is 36.5. The lowest BCUT2D eigenvalue weighted by molar-refractivity contribution is -0.204. The zero-order valence-corrected chi connectivity index (χ0v) is 15.5. The molecule has 5 rings (SSSR count). The third-order valence-corrected chi connectivity index (χ3v) is 7.08. The van der Waals surface area contributed by atoms with Gasteiger partial charge in [0.25, 0.3) is 0 Å². The summed E-state index contributed by atoms with van der Waals surface area (Å²) in [6.07, 6.45) is 9.37. The topological polar surface area (TPSA) is 18.5 Å². The predicted octanol–water partition coefficient (Wildman–Crippen LogP) is 5.77. The second-order valence-corrected chi connectivity index (χ2v) is 8.85. The van der Waals surface area contributed by atoms with Gasteiger partial charge in [0.05, 0.1) is 0 Å². The van der Waals surface area contributed by atoms with Crippen LogP contribution in [0.1, 0.15) is 70.3 Å². The van der Waals surface area contributed by atoms with Crippen molar-refractivity contribution in [1.82, 2.24) is 0 Å². The van der Waals surface area contributed by atoms with Gasteiger partial charge in [0.1, 0.15) is 5.75 Å². The summed E-state index contributed by atoms with van der Waals surface area (Å²) in [5.41, 5.74) is 1.63. The number of hydrogen-bond acceptors (Lipinski definition) is 2. The van der Waals surface area contributed by atoms with Crippen LogP contribution in [0.3, 0.4) is 0 Å². The number of rotatable bonds is 6. The molecule has 2 heteroatoms. The van der Waals surface area contributed by atoms with Crippen LogP contribution in [-0.2, 0) is 4.74 Å². The lowest BCUT2D eigenvalue weighted by atomic mass is 9.49. The maximum atomic E-state index is 6.46. The maximum Gasteiger partial charge on any atom is 0.205 e. The first-order chi connectivity index (χ1) is 11.6. The predicted molar refractivity (Wildman–Crippen MR) is 97.2 cm³/mol. The monoisotopic (exact) mass is 328 g/mol. The lowest BCUT2D eigenvalue weighted by Crippen LogP contribution is -2.53. The van der Waals surface area contributed by atoms with Crippen LogP contribution in [0, 0.1) is 23.2 Å². The Balaban J connectivity index is 1.54. The first-order valence-electron chi connectivity index (χ1n) is 9.91. The summed E-state index contributed by atoms with van der Waals surface area (Å²) in [6, 6.07) is 8.66. The molecule has 0 radical (unpaired) electrons. The van der Waals surface area contributed by atoms with E-state index in [1.54, 1.807) is 0 Å². The van der Waals surface area contributed by atoms with Crippen molar-refractivity contribution in [1.29, 1.82) is 0 Å². The van der Waals surface area contributed by atoms with Crippen molar-refractivity contribution >= 4 is 0 Å². The van der Waals surface area contributed by atoms with Gasteiger partial charge in [-0.15, -0.1) is 0 Å². The minimum absolute atomic E-state index is 0.0851. The number of methoxy groups -OCH3 is 1. The van der Waals surface area contributed by atoms with Gasteiger partial charge in [-0.1, -0.05) is 26.0 Å². The molecular formula is C22H32O2.